The summed E-state index contributed by atoms with van der Waals surface area (Å²) in [5, 5.41) is 4.76. The molecule has 1 aliphatic heterocycles. The van der Waals surface area contributed by atoms with Crippen molar-refractivity contribution < 1.29 is 4.42 Å². The van der Waals surface area contributed by atoms with Gasteiger partial charge in [-0.25, -0.2) is 0 Å². The Morgan fingerprint density at radius 2 is 0.840 bits per heavy atom. The van der Waals surface area contributed by atoms with Crippen molar-refractivity contribution in [3.05, 3.63) is 176 Å². The van der Waals surface area contributed by atoms with E-state index in [1.54, 1.807) is 0 Å². The van der Waals surface area contributed by atoms with Crippen molar-refractivity contribution in [1.82, 2.24) is 9.13 Å². The molecule has 0 amide bonds. The van der Waals surface area contributed by atoms with Gasteiger partial charge in [0.25, 0.3) is 6.71 Å². The predicted molar refractivity (Wildman–Crippen MR) is 209 cm³/mol. The molecular weight excluding hydrogens is 607 g/mol. The topological polar surface area (TPSA) is 23.0 Å². The van der Waals surface area contributed by atoms with Crippen molar-refractivity contribution >= 4 is 66.8 Å². The quantitative estimate of drug-likeness (QED) is 0.177. The number of benzene rings is 7. The molecule has 0 atom stereocenters. The lowest BCUT2D eigenvalue weighted by molar-refractivity contribution is 0.671. The standard InChI is InChI=1S/C46H29BN2O/c1-3-16-30(17-4-1)48-39-27-12-9-23-36(39)42-44(48)33-21-7-8-22-34(33)45-43(37-24-10-13-28-40(37)49(45)31-18-5-2-6-19-31)47(42)38-26-15-25-35-32-20-11-14-29-41(32)50-46(35)38/h1-29H. The van der Waals surface area contributed by atoms with Crippen LogP contribution in [0.2, 0.25) is 0 Å². The summed E-state index contributed by atoms with van der Waals surface area (Å²) in [5.74, 6) is 0. The number of furan rings is 1. The van der Waals surface area contributed by atoms with Crippen LogP contribution in [0.1, 0.15) is 0 Å². The summed E-state index contributed by atoms with van der Waals surface area (Å²) < 4.78 is 11.8. The molecule has 0 spiro atoms. The van der Waals surface area contributed by atoms with Crippen LogP contribution in [0.3, 0.4) is 0 Å². The number of hydrogen-bond donors (Lipinski definition) is 0. The minimum Gasteiger partial charge on any atom is -0.457 e. The van der Waals surface area contributed by atoms with Crippen LogP contribution in [-0.2, 0) is 0 Å². The maximum atomic E-state index is 6.88. The SMILES string of the molecule is c1ccc(-n2c3c(c4ccccc42)B(c2cccc4c2oc2ccccc24)c2c(n(-c4ccccc4)c4ccccc24)-c2ccccc2-3)cc1. The number of para-hydroxylation sites is 6. The zero-order valence-corrected chi connectivity index (χ0v) is 27.1. The zero-order chi connectivity index (χ0) is 32.8. The Kier molecular flexibility index (Phi) is 5.76. The van der Waals surface area contributed by atoms with Gasteiger partial charge in [-0.3, -0.25) is 0 Å². The van der Waals surface area contributed by atoms with E-state index in [1.165, 1.54) is 60.7 Å². The number of rotatable bonds is 3. The van der Waals surface area contributed by atoms with Crippen LogP contribution in [0.4, 0.5) is 0 Å². The van der Waals surface area contributed by atoms with Crippen LogP contribution < -0.4 is 16.4 Å². The lowest BCUT2D eigenvalue weighted by Crippen LogP contribution is -2.52. The van der Waals surface area contributed by atoms with Gasteiger partial charge in [-0.1, -0.05) is 133 Å². The lowest BCUT2D eigenvalue weighted by Gasteiger charge is -2.17. The molecule has 7 aromatic carbocycles. The van der Waals surface area contributed by atoms with E-state index in [-0.39, 0.29) is 6.71 Å². The van der Waals surface area contributed by atoms with Gasteiger partial charge < -0.3 is 13.6 Å². The molecule has 232 valence electrons. The van der Waals surface area contributed by atoms with Crippen molar-refractivity contribution in [2.45, 2.75) is 0 Å². The molecule has 0 N–H and O–H groups in total. The fraction of sp³-hybridized carbons (Fsp3) is 0. The molecule has 0 unspecified atom stereocenters. The lowest BCUT2D eigenvalue weighted by atomic mass is 9.35. The fourth-order valence-electron chi connectivity index (χ4n) is 8.68. The van der Waals surface area contributed by atoms with Gasteiger partial charge in [-0.2, -0.15) is 0 Å². The summed E-state index contributed by atoms with van der Waals surface area (Å²) in [6, 6.07) is 63.6. The predicted octanol–water partition coefficient (Wildman–Crippen LogP) is 9.64. The van der Waals surface area contributed by atoms with E-state index in [1.807, 2.05) is 0 Å². The van der Waals surface area contributed by atoms with E-state index in [2.05, 4.69) is 185 Å². The van der Waals surface area contributed by atoms with E-state index in [4.69, 9.17) is 4.42 Å². The van der Waals surface area contributed by atoms with Crippen LogP contribution in [0.15, 0.2) is 180 Å². The van der Waals surface area contributed by atoms with Crippen LogP contribution in [0.25, 0.3) is 77.6 Å². The first-order chi connectivity index (χ1) is 24.9. The molecule has 0 saturated heterocycles. The third-order valence-electron chi connectivity index (χ3n) is 10.6. The van der Waals surface area contributed by atoms with Crippen LogP contribution in [-0.4, -0.2) is 15.8 Å². The maximum Gasteiger partial charge on any atom is 0.253 e. The van der Waals surface area contributed by atoms with E-state index in [9.17, 15) is 0 Å². The first-order valence-corrected chi connectivity index (χ1v) is 17.2. The fourth-order valence-corrected chi connectivity index (χ4v) is 8.68. The molecule has 3 aromatic heterocycles. The Morgan fingerprint density at radius 1 is 0.380 bits per heavy atom. The zero-order valence-electron chi connectivity index (χ0n) is 27.1. The smallest absolute Gasteiger partial charge is 0.253 e. The molecular formula is C46H29BN2O. The minimum atomic E-state index is -0.151. The van der Waals surface area contributed by atoms with E-state index in [0.717, 1.165) is 33.3 Å². The molecule has 0 fully saturated rings. The summed E-state index contributed by atoms with van der Waals surface area (Å²) in [7, 11) is 0. The van der Waals surface area contributed by atoms with Gasteiger partial charge >= 0.3 is 0 Å². The van der Waals surface area contributed by atoms with Gasteiger partial charge in [0.1, 0.15) is 11.2 Å². The second-order valence-corrected chi connectivity index (χ2v) is 13.2. The van der Waals surface area contributed by atoms with Crippen LogP contribution >= 0.6 is 0 Å². The second kappa shape index (κ2) is 10.5. The molecule has 0 aliphatic carbocycles. The average Bonchev–Trinajstić information content (AvgIpc) is 3.82. The van der Waals surface area contributed by atoms with E-state index in [0.29, 0.717) is 0 Å². The van der Waals surface area contributed by atoms with Crippen molar-refractivity contribution in [3.63, 3.8) is 0 Å². The van der Waals surface area contributed by atoms with E-state index >= 15 is 0 Å². The molecule has 10 aromatic rings. The Labute approximate surface area is 289 Å². The second-order valence-electron chi connectivity index (χ2n) is 13.2. The van der Waals surface area contributed by atoms with E-state index < -0.39 is 0 Å². The molecule has 1 aliphatic rings. The number of hydrogen-bond acceptors (Lipinski definition) is 1. The highest BCUT2D eigenvalue weighted by Crippen LogP contribution is 2.42. The van der Waals surface area contributed by atoms with Crippen LogP contribution in [0.5, 0.6) is 0 Å². The molecule has 0 bridgehead atoms. The van der Waals surface area contributed by atoms with Crippen LogP contribution in [0, 0.1) is 0 Å². The molecule has 3 nitrogen and oxygen atoms in total. The molecule has 50 heavy (non-hydrogen) atoms. The third kappa shape index (κ3) is 3.70. The van der Waals surface area contributed by atoms with Gasteiger partial charge in [0.05, 0.1) is 22.4 Å². The van der Waals surface area contributed by atoms with Gasteiger partial charge in [0.2, 0.25) is 0 Å². The average molecular weight is 637 g/mol. The highest BCUT2D eigenvalue weighted by molar-refractivity contribution is 7.01. The Morgan fingerprint density at radius 3 is 1.42 bits per heavy atom. The number of fused-ring (bicyclic) bond motifs is 12. The Balaban J connectivity index is 1.40. The maximum absolute atomic E-state index is 6.88. The highest BCUT2D eigenvalue weighted by Gasteiger charge is 2.41. The molecule has 4 heterocycles. The van der Waals surface area contributed by atoms with Gasteiger partial charge in [-0.15, -0.1) is 0 Å². The summed E-state index contributed by atoms with van der Waals surface area (Å²) in [5.41, 5.74) is 15.1. The highest BCUT2D eigenvalue weighted by atomic mass is 16.3. The van der Waals surface area contributed by atoms with Gasteiger partial charge in [-0.05, 0) is 69.6 Å². The molecule has 11 rings (SSSR count). The first kappa shape index (κ1) is 27.4. The van der Waals surface area contributed by atoms with Gasteiger partial charge in [0, 0.05) is 33.3 Å². The first-order valence-electron chi connectivity index (χ1n) is 17.2. The molecule has 0 radical (unpaired) electrons. The Hall–Kier alpha value is -6.52. The van der Waals surface area contributed by atoms with Crippen molar-refractivity contribution in [2.75, 3.05) is 0 Å². The van der Waals surface area contributed by atoms with Crippen molar-refractivity contribution in [1.29, 1.82) is 0 Å². The summed E-state index contributed by atoms with van der Waals surface area (Å²) in [6.45, 7) is -0.151. The number of aromatic nitrogens is 2. The summed E-state index contributed by atoms with van der Waals surface area (Å²) in [4.78, 5) is 0. The van der Waals surface area contributed by atoms with Crippen molar-refractivity contribution in [2.24, 2.45) is 0 Å². The monoisotopic (exact) mass is 636 g/mol. The largest absolute Gasteiger partial charge is 0.457 e. The number of nitrogens with zero attached hydrogens (tertiary/aromatic N) is 2. The minimum absolute atomic E-state index is 0.151. The molecule has 4 heteroatoms. The summed E-state index contributed by atoms with van der Waals surface area (Å²) >= 11 is 0. The summed E-state index contributed by atoms with van der Waals surface area (Å²) in [6.07, 6.45) is 0. The third-order valence-corrected chi connectivity index (χ3v) is 10.6. The Bertz CT molecular complexity index is 2790. The molecule has 0 saturated carbocycles. The van der Waals surface area contributed by atoms with Crippen molar-refractivity contribution in [3.8, 4) is 33.9 Å². The van der Waals surface area contributed by atoms with Gasteiger partial charge in [0.15, 0.2) is 0 Å². The normalized spacial score (nSPS) is 12.4.